The minimum absolute atomic E-state index is 0.0862. The number of rotatable bonds is 5. The third-order valence-electron chi connectivity index (χ3n) is 4.44. The van der Waals surface area contributed by atoms with E-state index in [1.165, 1.54) is 0 Å². The lowest BCUT2D eigenvalue weighted by atomic mass is 10.2. The molecular formula is C17H18FN9O. The van der Waals surface area contributed by atoms with Crippen LogP contribution in [0.15, 0.2) is 31.0 Å². The van der Waals surface area contributed by atoms with Crippen molar-refractivity contribution >= 4 is 23.4 Å². The minimum atomic E-state index is -0.473. The summed E-state index contributed by atoms with van der Waals surface area (Å²) in [4.78, 5) is 30.2. The van der Waals surface area contributed by atoms with Crippen molar-refractivity contribution in [3.63, 3.8) is 0 Å². The molecule has 2 N–H and O–H groups in total. The topological polar surface area (TPSA) is 114 Å². The number of hydrogen-bond acceptors (Lipinski definition) is 8. The van der Waals surface area contributed by atoms with Gasteiger partial charge >= 0.3 is 0 Å². The lowest BCUT2D eigenvalue weighted by molar-refractivity contribution is -0.117. The molecule has 0 aliphatic carbocycles. The lowest BCUT2D eigenvalue weighted by Gasteiger charge is -2.31. The number of fused-ring (bicyclic) bond motifs is 1. The largest absolute Gasteiger partial charge is 0.350 e. The summed E-state index contributed by atoms with van der Waals surface area (Å²) in [5, 5.41) is 10.2. The molecule has 10 nitrogen and oxygen atoms in total. The Morgan fingerprint density at radius 2 is 2.00 bits per heavy atom. The molecule has 0 bridgehead atoms. The van der Waals surface area contributed by atoms with Crippen LogP contribution < -0.4 is 15.5 Å². The van der Waals surface area contributed by atoms with Gasteiger partial charge in [-0.3, -0.25) is 9.48 Å². The zero-order valence-electron chi connectivity index (χ0n) is 15.3. The van der Waals surface area contributed by atoms with Gasteiger partial charge in [0, 0.05) is 25.4 Å². The van der Waals surface area contributed by atoms with E-state index in [0.717, 1.165) is 18.0 Å². The molecule has 11 heteroatoms. The van der Waals surface area contributed by atoms with E-state index >= 15 is 0 Å². The van der Waals surface area contributed by atoms with Gasteiger partial charge in [0.05, 0.1) is 24.8 Å². The van der Waals surface area contributed by atoms with Crippen LogP contribution in [-0.4, -0.2) is 48.7 Å². The Morgan fingerprint density at radius 1 is 1.21 bits per heavy atom. The van der Waals surface area contributed by atoms with Crippen molar-refractivity contribution in [1.29, 1.82) is 0 Å². The van der Waals surface area contributed by atoms with Gasteiger partial charge in [-0.05, 0) is 6.92 Å². The van der Waals surface area contributed by atoms with E-state index in [1.807, 2.05) is 25.1 Å². The Kier molecular flexibility index (Phi) is 4.55. The number of anilines is 3. The zero-order chi connectivity index (χ0) is 19.7. The fraction of sp³-hybridized carbons (Fsp3) is 0.294. The molecule has 1 amide bonds. The number of halogens is 1. The monoisotopic (exact) mass is 383 g/mol. The van der Waals surface area contributed by atoms with E-state index in [4.69, 9.17) is 0 Å². The molecule has 4 rings (SSSR count). The molecule has 1 atom stereocenters. The van der Waals surface area contributed by atoms with Crippen LogP contribution >= 0.6 is 0 Å². The number of amides is 1. The van der Waals surface area contributed by atoms with Gasteiger partial charge in [0.2, 0.25) is 11.9 Å². The first-order chi connectivity index (χ1) is 13.5. The smallest absolute Gasteiger partial charge is 0.246 e. The van der Waals surface area contributed by atoms with Gasteiger partial charge in [0.15, 0.2) is 11.6 Å². The third-order valence-corrected chi connectivity index (χ3v) is 4.44. The second-order valence-electron chi connectivity index (χ2n) is 6.42. The fourth-order valence-electron chi connectivity index (χ4n) is 2.74. The van der Waals surface area contributed by atoms with Gasteiger partial charge < -0.3 is 15.5 Å². The average Bonchev–Trinajstić information content (AvgIpc) is 3.14. The highest BCUT2D eigenvalue weighted by Gasteiger charge is 2.28. The van der Waals surface area contributed by atoms with Crippen LogP contribution in [0.1, 0.15) is 18.3 Å². The number of nitrogens with zero attached hydrogens (tertiary/aromatic N) is 7. The highest BCUT2D eigenvalue weighted by Crippen LogP contribution is 2.28. The van der Waals surface area contributed by atoms with Crippen molar-refractivity contribution in [2.75, 3.05) is 22.6 Å². The van der Waals surface area contributed by atoms with Gasteiger partial charge in [0.1, 0.15) is 24.1 Å². The van der Waals surface area contributed by atoms with Crippen molar-refractivity contribution < 1.29 is 9.18 Å². The second-order valence-corrected chi connectivity index (χ2v) is 6.42. The van der Waals surface area contributed by atoms with Gasteiger partial charge in [-0.2, -0.15) is 10.1 Å². The highest BCUT2D eigenvalue weighted by atomic mass is 19.1. The molecule has 0 fully saturated rings. The van der Waals surface area contributed by atoms with Gasteiger partial charge in [0.25, 0.3) is 0 Å². The number of carbonyl (C=O) groups excluding carboxylic acids is 1. The van der Waals surface area contributed by atoms with Crippen molar-refractivity contribution in [2.45, 2.75) is 26.1 Å². The molecular weight excluding hydrogens is 365 g/mol. The maximum Gasteiger partial charge on any atom is 0.246 e. The van der Waals surface area contributed by atoms with Crippen molar-refractivity contribution in [1.82, 2.24) is 29.7 Å². The third kappa shape index (κ3) is 3.59. The Balaban J connectivity index is 1.41. The summed E-state index contributed by atoms with van der Waals surface area (Å²) in [7, 11) is 1.82. The van der Waals surface area contributed by atoms with E-state index in [-0.39, 0.29) is 11.9 Å². The van der Waals surface area contributed by atoms with Crippen LogP contribution in [0.25, 0.3) is 0 Å². The SMILES string of the molecule is C[C@H]1C(=O)Nc2cnc(NCc3cnn(Cc4ncc(F)cn4)c3)nc2N1C. The molecule has 1 aliphatic heterocycles. The second kappa shape index (κ2) is 7.18. The fourth-order valence-corrected chi connectivity index (χ4v) is 2.74. The van der Waals surface area contributed by atoms with Crippen molar-refractivity contribution in [3.05, 3.63) is 48.2 Å². The summed E-state index contributed by atoms with van der Waals surface area (Å²) in [6, 6.07) is -0.304. The molecule has 0 saturated carbocycles. The van der Waals surface area contributed by atoms with Crippen LogP contribution in [-0.2, 0) is 17.9 Å². The van der Waals surface area contributed by atoms with Crippen LogP contribution in [0.4, 0.5) is 21.8 Å². The Labute approximate surface area is 159 Å². The summed E-state index contributed by atoms with van der Waals surface area (Å²) in [5.41, 5.74) is 1.50. The lowest BCUT2D eigenvalue weighted by Crippen LogP contribution is -2.44. The summed E-state index contributed by atoms with van der Waals surface area (Å²) >= 11 is 0. The molecule has 3 aromatic heterocycles. The molecule has 4 heterocycles. The van der Waals surface area contributed by atoms with E-state index in [2.05, 4.69) is 35.7 Å². The highest BCUT2D eigenvalue weighted by molar-refractivity contribution is 6.02. The first-order valence-corrected chi connectivity index (χ1v) is 8.62. The Bertz CT molecular complexity index is 1000. The molecule has 0 spiro atoms. The number of aromatic nitrogens is 6. The predicted molar refractivity (Wildman–Crippen MR) is 99.2 cm³/mol. The summed E-state index contributed by atoms with van der Waals surface area (Å²) in [5.74, 6) is 1.02. The molecule has 28 heavy (non-hydrogen) atoms. The zero-order valence-corrected chi connectivity index (χ0v) is 15.3. The summed E-state index contributed by atoms with van der Waals surface area (Å²) in [6.45, 7) is 2.62. The quantitative estimate of drug-likeness (QED) is 0.672. The van der Waals surface area contributed by atoms with Gasteiger partial charge in [-0.25, -0.2) is 19.3 Å². The molecule has 3 aromatic rings. The van der Waals surface area contributed by atoms with E-state index < -0.39 is 5.82 Å². The van der Waals surface area contributed by atoms with Gasteiger partial charge in [-0.15, -0.1) is 0 Å². The number of likely N-dealkylation sites (N-methyl/N-ethyl adjacent to an activating group) is 1. The first-order valence-electron chi connectivity index (χ1n) is 8.62. The Hall–Kier alpha value is -3.63. The van der Waals surface area contributed by atoms with Crippen molar-refractivity contribution in [3.8, 4) is 0 Å². The maximum absolute atomic E-state index is 12.9. The standard InChI is InChI=1S/C17H18FN9O/c1-10-16(28)24-13-7-22-17(25-15(13)26(10)2)21-3-11-4-23-27(8-11)9-14-19-5-12(18)6-20-14/h4-8,10H,3,9H2,1-2H3,(H,24,28)(H,21,22,25)/t10-/m0/s1. The van der Waals surface area contributed by atoms with E-state index in [0.29, 0.717) is 36.4 Å². The predicted octanol–water partition coefficient (Wildman–Crippen LogP) is 1.04. The van der Waals surface area contributed by atoms with Gasteiger partial charge in [-0.1, -0.05) is 0 Å². The number of nitrogens with one attached hydrogen (secondary N) is 2. The molecule has 144 valence electrons. The molecule has 1 aliphatic rings. The normalized spacial score (nSPS) is 15.9. The average molecular weight is 383 g/mol. The van der Waals surface area contributed by atoms with Crippen LogP contribution in [0, 0.1) is 5.82 Å². The maximum atomic E-state index is 12.9. The van der Waals surface area contributed by atoms with E-state index in [1.54, 1.807) is 17.1 Å². The number of hydrogen-bond donors (Lipinski definition) is 2. The molecule has 0 radical (unpaired) electrons. The number of carbonyl (C=O) groups is 1. The van der Waals surface area contributed by atoms with Crippen LogP contribution in [0.5, 0.6) is 0 Å². The Morgan fingerprint density at radius 3 is 2.79 bits per heavy atom. The van der Waals surface area contributed by atoms with Crippen LogP contribution in [0.2, 0.25) is 0 Å². The summed E-state index contributed by atoms with van der Waals surface area (Å²) in [6.07, 6.45) is 7.39. The summed E-state index contributed by atoms with van der Waals surface area (Å²) < 4.78 is 14.5. The minimum Gasteiger partial charge on any atom is -0.350 e. The van der Waals surface area contributed by atoms with Crippen molar-refractivity contribution in [2.24, 2.45) is 0 Å². The first kappa shape index (κ1) is 17.8. The molecule has 0 unspecified atom stereocenters. The van der Waals surface area contributed by atoms with Crippen LogP contribution in [0.3, 0.4) is 0 Å². The molecule has 0 aromatic carbocycles. The van der Waals surface area contributed by atoms with E-state index in [9.17, 15) is 9.18 Å². The molecule has 0 saturated heterocycles.